The summed E-state index contributed by atoms with van der Waals surface area (Å²) in [5.41, 5.74) is -1.93. The van der Waals surface area contributed by atoms with E-state index in [0.29, 0.717) is 0 Å². The van der Waals surface area contributed by atoms with Gasteiger partial charge in [0.2, 0.25) is 0 Å². The second-order valence-electron chi connectivity index (χ2n) is 22.7. The monoisotopic (exact) mass is 894 g/mol. The first-order valence-electron chi connectivity index (χ1n) is 26.7. The molecule has 0 aliphatic carbocycles. The standard InChI is InChI=1S/CHB80/c2-43-67(47(3)4)69(50(9)10)44(68(48(5)6)49(7)8)1(45(70(74(51(11)12)52(13)14)75(53(15)16)54(17)18)71(76(55(19)20)56(21)22)77(57(23)24)58(25)26)46(72(78(59(27)28)60(29)30)79(61(31)32)62(33)34)73(80(63(35)36)64(37)38)81(65(39)40)66(41)42/h1H. The van der Waals surface area contributed by atoms with E-state index in [9.17, 15) is 0 Å². The Morgan fingerprint density at radius 3 is 0.370 bits per heavy atom. The highest BCUT2D eigenvalue weighted by molar-refractivity contribution is 8.30. The molecule has 245 valence electrons. The lowest BCUT2D eigenvalue weighted by atomic mass is 8.28. The van der Waals surface area contributed by atoms with E-state index in [2.05, 4.69) is 0 Å². The number of hydrogen-bond donors (Lipinski definition) is 0. The maximum atomic E-state index is 7.07. The highest BCUT2D eigenvalue weighted by Crippen LogP contribution is 2.36. The Hall–Kier alpha value is 5.19. The third-order valence-corrected chi connectivity index (χ3v) is 17.1. The average Bonchev–Trinajstić information content (AvgIpc) is 3.24. The fraction of sp³-hybridized carbons (Fsp3) is 1.00. The molecule has 0 rings (SSSR count). The van der Waals surface area contributed by atoms with E-state index in [1.165, 1.54) is 0 Å². The highest BCUT2D eigenvalue weighted by Gasteiger charge is 2.65. The van der Waals surface area contributed by atoms with Crippen molar-refractivity contribution in [3.63, 3.8) is 0 Å². The third kappa shape index (κ3) is 23.3. The Kier molecular flexibility index (Phi) is 42.3. The van der Waals surface area contributed by atoms with Crippen molar-refractivity contribution in [2.75, 3.05) is 0 Å². The van der Waals surface area contributed by atoms with Crippen LogP contribution in [0, 0.1) is 0 Å². The Bertz CT molecular complexity index is 1260. The van der Waals surface area contributed by atoms with Crippen LogP contribution >= 0.6 is 0 Å². The smallest absolute Gasteiger partial charge is 0.0294 e. The van der Waals surface area contributed by atoms with Crippen LogP contribution in [-0.2, 0) is 0 Å². The lowest BCUT2D eigenvalue weighted by Crippen LogP contribution is -2.95. The Balaban J connectivity index is 12.8. The predicted molar refractivity (Wildman–Crippen MR) is 464 cm³/mol. The van der Waals surface area contributed by atoms with Crippen molar-refractivity contribution in [1.29, 1.82) is 0 Å². The molecule has 0 bridgehead atoms. The molecule has 81 heavy (non-hydrogen) atoms. The molecule has 0 heterocycles. The van der Waals surface area contributed by atoms with Crippen LogP contribution in [0.4, 0.5) is 0 Å². The molecule has 0 aromatic heterocycles. The lowest BCUT2D eigenvalue weighted by Gasteiger charge is -2.62. The van der Waals surface area contributed by atoms with Crippen molar-refractivity contribution in [2.24, 2.45) is 0 Å². The first-order valence-corrected chi connectivity index (χ1v) is 26.7. The summed E-state index contributed by atoms with van der Waals surface area (Å²) in [6.45, 7) is -5.51. The fourth-order valence-electron chi connectivity index (χ4n) is 14.4. The van der Waals surface area contributed by atoms with Gasteiger partial charge in [-0.25, -0.2) is 0 Å². The van der Waals surface area contributed by atoms with Gasteiger partial charge >= 0.3 is 0 Å². The zero-order chi connectivity index (χ0) is 64.2. The Morgan fingerprint density at radius 2 is 0.272 bits per heavy atom. The average molecular weight is 878 g/mol. The van der Waals surface area contributed by atoms with Gasteiger partial charge in [-0.3, -0.25) is 0 Å². The molecule has 83 radical (unpaired) electrons. The van der Waals surface area contributed by atoms with Gasteiger partial charge in [0.25, 0.3) is 0 Å². The van der Waals surface area contributed by atoms with Crippen molar-refractivity contribution in [2.45, 2.75) is 5.62 Å². The number of hydrogen-bond acceptors (Lipinski definition) is 0. The van der Waals surface area contributed by atoms with E-state index in [4.69, 9.17) is 317 Å². The van der Waals surface area contributed by atoms with E-state index >= 15 is 0 Å². The molecule has 0 saturated heterocycles. The van der Waals surface area contributed by atoms with Crippen LogP contribution in [0.5, 0.6) is 0 Å². The highest BCUT2D eigenvalue weighted by atomic mass is 13.7. The summed E-state index contributed by atoms with van der Waals surface area (Å²) in [4.78, 5) is 0. The van der Waals surface area contributed by atoms with Crippen LogP contribution in [0.25, 0.3) is 0 Å². The van der Waals surface area contributed by atoms with E-state index in [0.717, 1.165) is 7.06 Å². The van der Waals surface area contributed by atoms with Crippen molar-refractivity contribution in [3.8, 4) is 0 Å². The third-order valence-electron chi connectivity index (χ3n) is 17.1. The summed E-state index contributed by atoms with van der Waals surface area (Å²) in [7, 11) is 283. The normalized spacial score (nSPS) is 9.89. The van der Waals surface area contributed by atoms with Crippen LogP contribution in [0.15, 0.2) is 0 Å². The van der Waals surface area contributed by atoms with Crippen LogP contribution in [0.1, 0.15) is 0 Å². The lowest BCUT2D eigenvalue weighted by molar-refractivity contribution is 1.80. The van der Waals surface area contributed by atoms with Crippen molar-refractivity contribution >= 4 is 567 Å². The zero-order valence-corrected chi connectivity index (χ0v) is 46.8. The Labute approximate surface area is 567 Å². The van der Waals surface area contributed by atoms with Gasteiger partial charge in [-0.05, 0) is 0 Å². The second-order valence-corrected chi connectivity index (χ2v) is 22.7. The van der Waals surface area contributed by atoms with Crippen molar-refractivity contribution in [1.82, 2.24) is 0 Å². The van der Waals surface area contributed by atoms with Gasteiger partial charge in [-0.1, -0.05) is 0 Å². The van der Waals surface area contributed by atoms with Crippen molar-refractivity contribution < 1.29 is 0 Å². The summed E-state index contributed by atoms with van der Waals surface area (Å²) in [6, 6.07) is 0. The molecule has 0 N–H and O–H groups in total. The van der Waals surface area contributed by atoms with E-state index in [-0.39, 0.29) is 0 Å². The van der Waals surface area contributed by atoms with Gasteiger partial charge in [-0.15, -0.1) is 5.62 Å². The van der Waals surface area contributed by atoms with Crippen LogP contribution in [0.2, 0.25) is 5.62 Å². The van der Waals surface area contributed by atoms with E-state index < -0.39 is 249 Å². The maximum absolute atomic E-state index is 7.07. The van der Waals surface area contributed by atoms with Crippen LogP contribution in [-0.4, -0.2) is 567 Å². The summed E-state index contributed by atoms with van der Waals surface area (Å²) in [5.74, 6) is 0. The molecule has 0 unspecified atom stereocenters. The van der Waals surface area contributed by atoms with Crippen LogP contribution in [0.3, 0.4) is 0 Å². The molecule has 0 nitrogen and oxygen atoms in total. The molecule has 0 aliphatic rings. The summed E-state index contributed by atoms with van der Waals surface area (Å²) in [6.07, 6.45) is -57.8. The molecule has 0 amide bonds. The molecule has 0 atom stereocenters. The molecule has 0 spiro atoms. The topological polar surface area (TPSA) is 0 Å². The van der Waals surface area contributed by atoms with Gasteiger partial charge in [0, 0.05) is 567 Å². The van der Waals surface area contributed by atoms with E-state index in [1.54, 1.807) is 0 Å². The van der Waals surface area contributed by atoms with Crippen LogP contribution < -0.4 is 0 Å². The van der Waals surface area contributed by atoms with Gasteiger partial charge in [0.15, 0.2) is 0 Å². The Morgan fingerprint density at radius 1 is 0.148 bits per heavy atom. The first-order chi connectivity index (χ1) is 36.9. The molecule has 0 fully saturated rings. The molecule has 0 aliphatic heterocycles. The first kappa shape index (κ1) is 86.2. The molecule has 0 aromatic rings. The molecule has 0 saturated carbocycles. The van der Waals surface area contributed by atoms with Crippen molar-refractivity contribution in [3.05, 3.63) is 0 Å². The fourth-order valence-corrected chi connectivity index (χ4v) is 14.4. The minimum atomic E-state index is -1.93. The maximum Gasteiger partial charge on any atom is 0.0294 e. The quantitative estimate of drug-likeness (QED) is 0.0540. The second kappa shape index (κ2) is 39.8. The van der Waals surface area contributed by atoms with Gasteiger partial charge in [0.1, 0.15) is 0 Å². The largest absolute Gasteiger partial charge is 0.146 e. The van der Waals surface area contributed by atoms with E-state index in [1.807, 2.05) is 0 Å². The molecular formula is CHB80. The minimum absolute atomic E-state index is 1.08. The number of rotatable bonds is 39. The van der Waals surface area contributed by atoms with Gasteiger partial charge < -0.3 is 0 Å². The molecule has 0 aromatic carbocycles. The molecule has 80 heteroatoms. The predicted octanol–water partition coefficient (Wildman–Crippen LogP) is -30.1. The summed E-state index contributed by atoms with van der Waals surface area (Å²) in [5, 5.41) is 0. The summed E-state index contributed by atoms with van der Waals surface area (Å²) < 4.78 is 0. The summed E-state index contributed by atoms with van der Waals surface area (Å²) >= 11 is 0. The zero-order valence-electron chi connectivity index (χ0n) is 46.8. The van der Waals surface area contributed by atoms with Gasteiger partial charge in [-0.2, -0.15) is 0 Å². The van der Waals surface area contributed by atoms with Gasteiger partial charge in [0.05, 0.1) is 0 Å². The minimum Gasteiger partial charge on any atom is -0.146 e. The molecular weight excluding hydrogens is 877 g/mol. The SMILES string of the molecule is [B][B]B(B([B])[B])B(B([B])[B])B(B(B([B])[B])B([B])[B])C(B(B(B(B([B])[B])B([B])[B])B(B([B])[B])B([B])[B])B(B(B([B])[B])B([B])[B])B(B([B])[B])B([B])[B])B(B(B(B([B])[B])B([B])[B])B(B([B])[B])B([B])[B])B(B(B([B])[B])B([B])[B])B(B([B])[B])B([B])[B].